The Bertz CT molecular complexity index is 373. The van der Waals surface area contributed by atoms with Crippen LogP contribution in [0.2, 0.25) is 0 Å². The molecule has 3 nitrogen and oxygen atoms in total. The highest BCUT2D eigenvalue weighted by Crippen LogP contribution is 2.17. The summed E-state index contributed by atoms with van der Waals surface area (Å²) in [6, 6.07) is 4.69. The topological polar surface area (TPSA) is 43.7 Å². The van der Waals surface area contributed by atoms with Crippen molar-refractivity contribution in [1.82, 2.24) is 4.90 Å². The number of aliphatic hydroxyl groups excluding tert-OH is 2. The molecule has 1 fully saturated rings. The van der Waals surface area contributed by atoms with E-state index in [1.165, 1.54) is 12.1 Å². The Morgan fingerprint density at radius 1 is 1.31 bits per heavy atom. The monoisotopic (exact) mass is 225 g/mol. The average Bonchev–Trinajstić information content (AvgIpc) is 2.52. The van der Waals surface area contributed by atoms with Crippen LogP contribution in [0.4, 0.5) is 4.39 Å². The fourth-order valence-corrected chi connectivity index (χ4v) is 2.03. The van der Waals surface area contributed by atoms with Crippen LogP contribution in [0.3, 0.4) is 0 Å². The molecule has 1 aromatic rings. The first kappa shape index (κ1) is 11.5. The van der Waals surface area contributed by atoms with Crippen molar-refractivity contribution < 1.29 is 14.6 Å². The summed E-state index contributed by atoms with van der Waals surface area (Å²) in [6.45, 7) is 3.38. The zero-order chi connectivity index (χ0) is 11.7. The van der Waals surface area contributed by atoms with Crippen molar-refractivity contribution in [1.29, 1.82) is 0 Å². The van der Waals surface area contributed by atoms with Crippen molar-refractivity contribution in [3.63, 3.8) is 0 Å². The Hall–Kier alpha value is -0.970. The lowest BCUT2D eigenvalue weighted by Gasteiger charge is -2.16. The molecule has 0 radical (unpaired) electrons. The van der Waals surface area contributed by atoms with Gasteiger partial charge in [-0.05, 0) is 30.2 Å². The molecule has 4 heteroatoms. The minimum absolute atomic E-state index is 0.249. The van der Waals surface area contributed by atoms with Gasteiger partial charge in [-0.25, -0.2) is 4.39 Å². The van der Waals surface area contributed by atoms with E-state index in [-0.39, 0.29) is 5.82 Å². The molecule has 0 aromatic heterocycles. The molecule has 2 N–H and O–H groups in total. The van der Waals surface area contributed by atoms with Crippen LogP contribution in [0.15, 0.2) is 18.2 Å². The van der Waals surface area contributed by atoms with E-state index in [1.54, 1.807) is 6.07 Å². The molecule has 2 rings (SSSR count). The third kappa shape index (κ3) is 2.40. The molecule has 0 aliphatic carbocycles. The van der Waals surface area contributed by atoms with E-state index >= 15 is 0 Å². The van der Waals surface area contributed by atoms with Crippen molar-refractivity contribution in [3.05, 3.63) is 35.1 Å². The molecule has 0 bridgehead atoms. The van der Waals surface area contributed by atoms with Gasteiger partial charge in [-0.1, -0.05) is 6.07 Å². The first-order valence-electron chi connectivity index (χ1n) is 5.40. The summed E-state index contributed by atoms with van der Waals surface area (Å²) in [5.74, 6) is -0.249. The van der Waals surface area contributed by atoms with Crippen molar-refractivity contribution >= 4 is 0 Å². The molecule has 0 saturated carbocycles. The molecule has 0 amide bonds. The third-order valence-corrected chi connectivity index (χ3v) is 3.04. The van der Waals surface area contributed by atoms with E-state index in [1.807, 2.05) is 11.8 Å². The van der Waals surface area contributed by atoms with Crippen LogP contribution in [0.5, 0.6) is 0 Å². The Morgan fingerprint density at radius 2 is 1.94 bits per heavy atom. The Labute approximate surface area is 94.1 Å². The number of benzene rings is 1. The van der Waals surface area contributed by atoms with Gasteiger partial charge in [-0.2, -0.15) is 0 Å². The molecule has 2 unspecified atom stereocenters. The number of aryl methyl sites for hydroxylation is 1. The van der Waals surface area contributed by atoms with Crippen molar-refractivity contribution in [3.8, 4) is 0 Å². The van der Waals surface area contributed by atoms with Crippen LogP contribution in [-0.2, 0) is 6.54 Å². The summed E-state index contributed by atoms with van der Waals surface area (Å²) in [5.41, 5.74) is 1.93. The Kier molecular flexibility index (Phi) is 3.23. The zero-order valence-corrected chi connectivity index (χ0v) is 9.23. The van der Waals surface area contributed by atoms with Crippen molar-refractivity contribution in [2.45, 2.75) is 25.7 Å². The van der Waals surface area contributed by atoms with E-state index < -0.39 is 12.2 Å². The molecule has 1 heterocycles. The largest absolute Gasteiger partial charge is 0.389 e. The minimum atomic E-state index is -0.686. The first-order valence-corrected chi connectivity index (χ1v) is 5.40. The van der Waals surface area contributed by atoms with Crippen LogP contribution in [0.1, 0.15) is 11.1 Å². The molecule has 0 spiro atoms. The minimum Gasteiger partial charge on any atom is -0.389 e. The fraction of sp³-hybridized carbons (Fsp3) is 0.500. The number of hydrogen-bond acceptors (Lipinski definition) is 3. The number of hydrogen-bond donors (Lipinski definition) is 2. The van der Waals surface area contributed by atoms with E-state index in [2.05, 4.69) is 0 Å². The van der Waals surface area contributed by atoms with E-state index in [0.717, 1.165) is 11.1 Å². The SMILES string of the molecule is Cc1ccc(F)cc1CN1CC(O)C(O)C1. The number of rotatable bonds is 2. The zero-order valence-electron chi connectivity index (χ0n) is 9.23. The van der Waals surface area contributed by atoms with Gasteiger partial charge >= 0.3 is 0 Å². The van der Waals surface area contributed by atoms with Crippen molar-refractivity contribution in [2.24, 2.45) is 0 Å². The van der Waals surface area contributed by atoms with Crippen molar-refractivity contribution in [2.75, 3.05) is 13.1 Å². The van der Waals surface area contributed by atoms with Gasteiger partial charge in [-0.3, -0.25) is 4.90 Å². The molecule has 1 saturated heterocycles. The van der Waals surface area contributed by atoms with Crippen LogP contribution >= 0.6 is 0 Å². The molecular formula is C12H16FNO2. The maximum atomic E-state index is 13.1. The predicted molar refractivity (Wildman–Crippen MR) is 58.4 cm³/mol. The second kappa shape index (κ2) is 4.49. The molecule has 1 aliphatic rings. The van der Waals surface area contributed by atoms with E-state index in [0.29, 0.717) is 19.6 Å². The third-order valence-electron chi connectivity index (χ3n) is 3.04. The standard InChI is InChI=1S/C12H16FNO2/c1-8-2-3-10(13)4-9(8)5-14-6-11(15)12(16)7-14/h2-4,11-12,15-16H,5-7H2,1H3. The molecule has 1 aliphatic heterocycles. The maximum absolute atomic E-state index is 13.1. The highest BCUT2D eigenvalue weighted by molar-refractivity contribution is 5.26. The smallest absolute Gasteiger partial charge is 0.123 e. The second-order valence-electron chi connectivity index (χ2n) is 4.40. The van der Waals surface area contributed by atoms with Crippen LogP contribution in [0.25, 0.3) is 0 Å². The fourth-order valence-electron chi connectivity index (χ4n) is 2.03. The highest BCUT2D eigenvalue weighted by atomic mass is 19.1. The van der Waals surface area contributed by atoms with Crippen LogP contribution in [0, 0.1) is 12.7 Å². The number of nitrogens with zero attached hydrogens (tertiary/aromatic N) is 1. The molecule has 88 valence electrons. The highest BCUT2D eigenvalue weighted by Gasteiger charge is 2.29. The van der Waals surface area contributed by atoms with Gasteiger partial charge in [0.2, 0.25) is 0 Å². The lowest BCUT2D eigenvalue weighted by Crippen LogP contribution is -2.22. The Balaban J connectivity index is 2.07. The van der Waals surface area contributed by atoms with Gasteiger partial charge in [0.1, 0.15) is 5.82 Å². The number of likely N-dealkylation sites (tertiary alicyclic amines) is 1. The molecule has 16 heavy (non-hydrogen) atoms. The van der Waals surface area contributed by atoms with Crippen LogP contribution < -0.4 is 0 Å². The van der Waals surface area contributed by atoms with Crippen LogP contribution in [-0.4, -0.2) is 40.4 Å². The van der Waals surface area contributed by atoms with E-state index in [9.17, 15) is 14.6 Å². The normalized spacial score (nSPS) is 26.2. The summed E-state index contributed by atoms with van der Waals surface area (Å²) < 4.78 is 13.1. The quantitative estimate of drug-likeness (QED) is 0.777. The van der Waals surface area contributed by atoms with Gasteiger partial charge < -0.3 is 10.2 Å². The van der Waals surface area contributed by atoms with Gasteiger partial charge in [-0.15, -0.1) is 0 Å². The van der Waals surface area contributed by atoms with Gasteiger partial charge in [0.05, 0.1) is 12.2 Å². The molecule has 1 aromatic carbocycles. The summed E-state index contributed by atoms with van der Waals surface area (Å²) in [4.78, 5) is 1.93. The van der Waals surface area contributed by atoms with Gasteiger partial charge in [0.15, 0.2) is 0 Å². The van der Waals surface area contributed by atoms with Gasteiger partial charge in [0.25, 0.3) is 0 Å². The van der Waals surface area contributed by atoms with Gasteiger partial charge in [0, 0.05) is 19.6 Å². The van der Waals surface area contributed by atoms with E-state index in [4.69, 9.17) is 0 Å². The number of aliphatic hydroxyl groups is 2. The summed E-state index contributed by atoms with van der Waals surface area (Å²) in [7, 11) is 0. The summed E-state index contributed by atoms with van der Waals surface area (Å²) in [6.07, 6.45) is -1.37. The first-order chi connectivity index (χ1) is 7.56. The molecule has 2 atom stereocenters. The Morgan fingerprint density at radius 3 is 2.56 bits per heavy atom. The predicted octanol–water partition coefficient (Wildman–Crippen LogP) is 0.672. The average molecular weight is 225 g/mol. The number of halogens is 1. The lowest BCUT2D eigenvalue weighted by molar-refractivity contribution is 0.0572. The second-order valence-corrected chi connectivity index (χ2v) is 4.40. The summed E-state index contributed by atoms with van der Waals surface area (Å²) in [5, 5.41) is 18.8. The maximum Gasteiger partial charge on any atom is 0.123 e. The molecular weight excluding hydrogens is 209 g/mol. The lowest BCUT2D eigenvalue weighted by atomic mass is 10.1. The summed E-state index contributed by atoms with van der Waals surface area (Å²) >= 11 is 0. The number of β-amino-alcohol motifs (C(OH)–C–C–N with tert-alkyl or cyclic N) is 2.